The number of nitriles is 1. The number of fused-ring (bicyclic) bond motifs is 2. The van der Waals surface area contributed by atoms with E-state index >= 15 is 0 Å². The fourth-order valence-electron chi connectivity index (χ4n) is 3.40. The van der Waals surface area contributed by atoms with Gasteiger partial charge in [0.15, 0.2) is 0 Å². The second kappa shape index (κ2) is 5.24. The maximum absolute atomic E-state index is 9.12. The van der Waals surface area contributed by atoms with Crippen LogP contribution in [0.2, 0.25) is 0 Å². The SMILES string of the molecule is CN1Cc2cc(C#N)ccc2C(c2ccc3sccc3c2)C1. The molecule has 1 aliphatic rings. The molecule has 0 spiro atoms. The smallest absolute Gasteiger partial charge is 0.0991 e. The molecular weight excluding hydrogens is 288 g/mol. The Labute approximate surface area is 134 Å². The third kappa shape index (κ3) is 2.21. The Morgan fingerprint density at radius 1 is 1.18 bits per heavy atom. The molecule has 0 aliphatic carbocycles. The highest BCUT2D eigenvalue weighted by atomic mass is 32.1. The first-order valence-electron chi connectivity index (χ1n) is 7.43. The van der Waals surface area contributed by atoms with Crippen molar-refractivity contribution < 1.29 is 0 Å². The highest BCUT2D eigenvalue weighted by molar-refractivity contribution is 7.17. The lowest BCUT2D eigenvalue weighted by Crippen LogP contribution is -2.31. The molecule has 0 bridgehead atoms. The lowest BCUT2D eigenvalue weighted by molar-refractivity contribution is 0.295. The lowest BCUT2D eigenvalue weighted by Gasteiger charge is -2.32. The first-order chi connectivity index (χ1) is 10.7. The van der Waals surface area contributed by atoms with Crippen LogP contribution in [0.15, 0.2) is 47.8 Å². The van der Waals surface area contributed by atoms with E-state index < -0.39 is 0 Å². The van der Waals surface area contributed by atoms with E-state index in [-0.39, 0.29) is 0 Å². The lowest BCUT2D eigenvalue weighted by atomic mass is 9.84. The van der Waals surface area contributed by atoms with E-state index in [0.717, 1.165) is 18.7 Å². The van der Waals surface area contributed by atoms with Crippen molar-refractivity contribution in [3.63, 3.8) is 0 Å². The van der Waals surface area contributed by atoms with E-state index in [2.05, 4.69) is 53.7 Å². The summed E-state index contributed by atoms with van der Waals surface area (Å²) in [4.78, 5) is 2.34. The van der Waals surface area contributed by atoms with Gasteiger partial charge in [-0.15, -0.1) is 11.3 Å². The molecule has 22 heavy (non-hydrogen) atoms. The Kier molecular flexibility index (Phi) is 3.22. The minimum Gasteiger partial charge on any atom is -0.301 e. The predicted molar refractivity (Wildman–Crippen MR) is 91.2 cm³/mol. The quantitative estimate of drug-likeness (QED) is 0.668. The summed E-state index contributed by atoms with van der Waals surface area (Å²) in [7, 11) is 2.15. The summed E-state index contributed by atoms with van der Waals surface area (Å²) in [5.41, 5.74) is 4.76. The fraction of sp³-hybridized carbons (Fsp3) is 0.211. The van der Waals surface area contributed by atoms with Crippen LogP contribution < -0.4 is 0 Å². The van der Waals surface area contributed by atoms with Crippen LogP contribution in [0.4, 0.5) is 0 Å². The number of thiophene rings is 1. The van der Waals surface area contributed by atoms with Gasteiger partial charge in [0.1, 0.15) is 0 Å². The summed E-state index contributed by atoms with van der Waals surface area (Å²) in [6, 6.07) is 17.4. The van der Waals surface area contributed by atoms with Gasteiger partial charge in [-0.25, -0.2) is 0 Å². The molecule has 2 aromatic carbocycles. The molecule has 2 heterocycles. The number of benzene rings is 2. The van der Waals surface area contributed by atoms with E-state index in [1.807, 2.05) is 12.1 Å². The Morgan fingerprint density at radius 2 is 2.09 bits per heavy atom. The maximum atomic E-state index is 9.12. The Bertz CT molecular complexity index is 888. The number of hydrogen-bond donors (Lipinski definition) is 0. The van der Waals surface area contributed by atoms with Crippen molar-refractivity contribution in [1.82, 2.24) is 4.90 Å². The van der Waals surface area contributed by atoms with Crippen LogP contribution in [0.25, 0.3) is 10.1 Å². The van der Waals surface area contributed by atoms with E-state index in [1.54, 1.807) is 11.3 Å². The molecule has 0 radical (unpaired) electrons. The topological polar surface area (TPSA) is 27.0 Å². The monoisotopic (exact) mass is 304 g/mol. The zero-order chi connectivity index (χ0) is 15.1. The Morgan fingerprint density at radius 3 is 2.95 bits per heavy atom. The van der Waals surface area contributed by atoms with Gasteiger partial charge in [-0.2, -0.15) is 5.26 Å². The van der Waals surface area contributed by atoms with Crippen molar-refractivity contribution in [1.29, 1.82) is 5.26 Å². The average molecular weight is 304 g/mol. The van der Waals surface area contributed by atoms with Crippen LogP contribution in [0.5, 0.6) is 0 Å². The Hall–Kier alpha value is -2.15. The van der Waals surface area contributed by atoms with Gasteiger partial charge in [-0.05, 0) is 64.8 Å². The van der Waals surface area contributed by atoms with E-state index in [9.17, 15) is 0 Å². The molecular formula is C19H16N2S. The van der Waals surface area contributed by atoms with Crippen molar-refractivity contribution in [3.8, 4) is 6.07 Å². The molecule has 1 atom stereocenters. The normalized spacial score (nSPS) is 18.1. The number of likely N-dealkylation sites (N-methyl/N-ethyl adjacent to an activating group) is 1. The largest absolute Gasteiger partial charge is 0.301 e. The minimum absolute atomic E-state index is 0.380. The predicted octanol–water partition coefficient (Wildman–Crippen LogP) is 4.35. The van der Waals surface area contributed by atoms with Gasteiger partial charge in [0.25, 0.3) is 0 Å². The minimum atomic E-state index is 0.380. The molecule has 1 aromatic heterocycles. The van der Waals surface area contributed by atoms with Crippen molar-refractivity contribution in [2.24, 2.45) is 0 Å². The molecule has 1 unspecified atom stereocenters. The Balaban J connectivity index is 1.83. The van der Waals surface area contributed by atoms with Gasteiger partial charge in [0.2, 0.25) is 0 Å². The van der Waals surface area contributed by atoms with Crippen LogP contribution >= 0.6 is 11.3 Å². The van der Waals surface area contributed by atoms with Crippen LogP contribution in [-0.4, -0.2) is 18.5 Å². The summed E-state index contributed by atoms with van der Waals surface area (Å²) >= 11 is 1.79. The average Bonchev–Trinajstić information content (AvgIpc) is 3.00. The van der Waals surface area contributed by atoms with Gasteiger partial charge in [-0.1, -0.05) is 12.1 Å². The molecule has 1 aliphatic heterocycles. The van der Waals surface area contributed by atoms with Crippen molar-refractivity contribution >= 4 is 21.4 Å². The van der Waals surface area contributed by atoms with Gasteiger partial charge < -0.3 is 4.90 Å². The third-order valence-corrected chi connectivity index (χ3v) is 5.36. The van der Waals surface area contributed by atoms with Gasteiger partial charge in [0.05, 0.1) is 11.6 Å². The van der Waals surface area contributed by atoms with Gasteiger partial charge in [0, 0.05) is 23.7 Å². The molecule has 0 saturated heterocycles. The van der Waals surface area contributed by atoms with Crippen LogP contribution in [0.1, 0.15) is 28.2 Å². The van der Waals surface area contributed by atoms with Crippen LogP contribution in [-0.2, 0) is 6.54 Å². The van der Waals surface area contributed by atoms with Gasteiger partial charge in [-0.3, -0.25) is 0 Å². The number of nitrogens with zero attached hydrogens (tertiary/aromatic N) is 2. The van der Waals surface area contributed by atoms with Crippen molar-refractivity contribution in [2.45, 2.75) is 12.5 Å². The zero-order valence-electron chi connectivity index (χ0n) is 12.4. The summed E-state index contributed by atoms with van der Waals surface area (Å²) in [6.45, 7) is 1.94. The zero-order valence-corrected chi connectivity index (χ0v) is 13.2. The molecule has 108 valence electrons. The van der Waals surface area contributed by atoms with Crippen molar-refractivity contribution in [2.75, 3.05) is 13.6 Å². The number of hydrogen-bond acceptors (Lipinski definition) is 3. The molecule has 4 rings (SSSR count). The molecule has 2 nitrogen and oxygen atoms in total. The summed E-state index contributed by atoms with van der Waals surface area (Å²) < 4.78 is 1.34. The second-order valence-electron chi connectivity index (χ2n) is 5.99. The highest BCUT2D eigenvalue weighted by Gasteiger charge is 2.25. The molecule has 0 amide bonds. The first kappa shape index (κ1) is 13.5. The summed E-state index contributed by atoms with van der Waals surface area (Å²) in [5, 5.41) is 12.6. The van der Waals surface area contributed by atoms with Crippen LogP contribution in [0, 0.1) is 11.3 Å². The van der Waals surface area contributed by atoms with E-state index in [0.29, 0.717) is 5.92 Å². The third-order valence-electron chi connectivity index (χ3n) is 4.46. The standard InChI is InChI=1S/C19H16N2S/c1-21-11-16-8-13(10-20)2-4-17(16)18(12-21)14-3-5-19-15(9-14)6-7-22-19/h2-9,18H,11-12H2,1H3. The highest BCUT2D eigenvalue weighted by Crippen LogP contribution is 2.35. The molecule has 0 fully saturated rings. The van der Waals surface area contributed by atoms with E-state index in [1.165, 1.54) is 26.8 Å². The second-order valence-corrected chi connectivity index (χ2v) is 6.94. The molecule has 3 aromatic rings. The maximum Gasteiger partial charge on any atom is 0.0991 e. The summed E-state index contributed by atoms with van der Waals surface area (Å²) in [5.74, 6) is 0.380. The molecule has 0 saturated carbocycles. The number of rotatable bonds is 1. The molecule has 3 heteroatoms. The summed E-state index contributed by atoms with van der Waals surface area (Å²) in [6.07, 6.45) is 0. The fourth-order valence-corrected chi connectivity index (χ4v) is 4.18. The van der Waals surface area contributed by atoms with Gasteiger partial charge >= 0.3 is 0 Å². The molecule has 0 N–H and O–H groups in total. The van der Waals surface area contributed by atoms with Crippen LogP contribution in [0.3, 0.4) is 0 Å². The first-order valence-corrected chi connectivity index (χ1v) is 8.31. The van der Waals surface area contributed by atoms with Crippen molar-refractivity contribution in [3.05, 3.63) is 70.1 Å². The van der Waals surface area contributed by atoms with E-state index in [4.69, 9.17) is 5.26 Å².